The number of halogens is 1. The van der Waals surface area contributed by atoms with E-state index in [4.69, 9.17) is 11.6 Å². The van der Waals surface area contributed by atoms with Gasteiger partial charge in [0.05, 0.1) is 5.75 Å². The summed E-state index contributed by atoms with van der Waals surface area (Å²) in [5, 5.41) is 2.12. The molecule has 2 aromatic carbocycles. The average Bonchev–Trinajstić information content (AvgIpc) is 3.24. The number of nitrogens with zero attached hydrogens (tertiary/aromatic N) is 1. The lowest BCUT2D eigenvalue weighted by atomic mass is 10.0. The lowest BCUT2D eigenvalue weighted by molar-refractivity contribution is 0.392. The Morgan fingerprint density at radius 1 is 1.00 bits per heavy atom. The van der Waals surface area contributed by atoms with Crippen LogP contribution < -0.4 is 4.72 Å². The molecule has 0 fully saturated rings. The Hall–Kier alpha value is -1.91. The van der Waals surface area contributed by atoms with Crippen molar-refractivity contribution in [1.29, 1.82) is 0 Å². The first-order chi connectivity index (χ1) is 14.2. The highest BCUT2D eigenvalue weighted by molar-refractivity contribution is 7.92. The van der Waals surface area contributed by atoms with Gasteiger partial charge in [0, 0.05) is 23.8 Å². The fourth-order valence-electron chi connectivity index (χ4n) is 3.37. The van der Waals surface area contributed by atoms with Crippen molar-refractivity contribution in [2.75, 3.05) is 11.3 Å². The molecule has 0 atom stereocenters. The van der Waals surface area contributed by atoms with Crippen LogP contribution in [0, 0.1) is 0 Å². The number of hydrogen-bond donors (Lipinski definition) is 1. The molecule has 0 bridgehead atoms. The zero-order chi connectivity index (χ0) is 21.4. The molecule has 2 heterocycles. The largest absolute Gasteiger partial charge is 0.283 e. The minimum Gasteiger partial charge on any atom is -0.283 e. The van der Waals surface area contributed by atoms with E-state index in [0.717, 1.165) is 11.1 Å². The van der Waals surface area contributed by atoms with E-state index < -0.39 is 20.0 Å². The van der Waals surface area contributed by atoms with Crippen LogP contribution >= 0.6 is 22.9 Å². The molecule has 4 rings (SSSR count). The number of hydrogen-bond acceptors (Lipinski definition) is 5. The summed E-state index contributed by atoms with van der Waals surface area (Å²) in [4.78, 5) is 0. The van der Waals surface area contributed by atoms with Crippen LogP contribution in [-0.4, -0.2) is 27.7 Å². The van der Waals surface area contributed by atoms with Crippen molar-refractivity contribution < 1.29 is 16.8 Å². The third kappa shape index (κ3) is 4.55. The highest BCUT2D eigenvalue weighted by Gasteiger charge is 2.29. The summed E-state index contributed by atoms with van der Waals surface area (Å²) in [5.41, 5.74) is 2.72. The predicted molar refractivity (Wildman–Crippen MR) is 120 cm³/mol. The van der Waals surface area contributed by atoms with Crippen LogP contribution in [0.25, 0.3) is 0 Å². The zero-order valence-corrected chi connectivity index (χ0v) is 19.0. The van der Waals surface area contributed by atoms with Gasteiger partial charge in [-0.05, 0) is 52.8 Å². The molecule has 30 heavy (non-hydrogen) atoms. The van der Waals surface area contributed by atoms with Crippen molar-refractivity contribution >= 4 is 48.7 Å². The summed E-state index contributed by atoms with van der Waals surface area (Å²) in [7, 11) is -7.24. The van der Waals surface area contributed by atoms with Crippen LogP contribution in [0.3, 0.4) is 0 Å². The smallest absolute Gasteiger partial charge is 0.252 e. The van der Waals surface area contributed by atoms with Gasteiger partial charge in [-0.25, -0.2) is 16.8 Å². The molecule has 1 aliphatic rings. The molecular weight excluding hydrogens is 464 g/mol. The summed E-state index contributed by atoms with van der Waals surface area (Å²) in [6, 6.07) is 15.3. The molecule has 3 aromatic rings. The fraction of sp³-hybridized carbons (Fsp3) is 0.200. The van der Waals surface area contributed by atoms with Crippen LogP contribution in [0.1, 0.15) is 16.7 Å². The van der Waals surface area contributed by atoms with E-state index in [9.17, 15) is 16.8 Å². The second kappa shape index (κ2) is 8.32. The molecule has 0 spiro atoms. The number of benzene rings is 2. The van der Waals surface area contributed by atoms with Crippen molar-refractivity contribution in [3.8, 4) is 0 Å². The molecule has 0 saturated carbocycles. The van der Waals surface area contributed by atoms with Crippen LogP contribution in [0.4, 0.5) is 5.69 Å². The molecule has 158 valence electrons. The first kappa shape index (κ1) is 21.3. The van der Waals surface area contributed by atoms with Gasteiger partial charge >= 0.3 is 0 Å². The third-order valence-electron chi connectivity index (χ3n) is 4.85. The number of thiophene rings is 1. The second-order valence-electron chi connectivity index (χ2n) is 6.96. The Labute approximate surface area is 185 Å². The second-order valence-corrected chi connectivity index (χ2v) is 12.2. The van der Waals surface area contributed by atoms with E-state index in [1.54, 1.807) is 53.9 Å². The topological polar surface area (TPSA) is 83.6 Å². The Bertz CT molecular complexity index is 1270. The average molecular weight is 483 g/mol. The van der Waals surface area contributed by atoms with Gasteiger partial charge in [0.25, 0.3) is 10.0 Å². The van der Waals surface area contributed by atoms with Crippen molar-refractivity contribution in [1.82, 2.24) is 4.31 Å². The van der Waals surface area contributed by atoms with Gasteiger partial charge in [0.1, 0.15) is 4.21 Å². The van der Waals surface area contributed by atoms with Gasteiger partial charge in [-0.3, -0.25) is 4.72 Å². The van der Waals surface area contributed by atoms with E-state index in [0.29, 0.717) is 33.4 Å². The molecule has 0 unspecified atom stereocenters. The van der Waals surface area contributed by atoms with Crippen LogP contribution in [-0.2, 0) is 38.8 Å². The monoisotopic (exact) mass is 482 g/mol. The SMILES string of the molecule is O=S(=O)(Cc1ccccc1Cl)Nc1ccc2c(c1)CN(S(=O)(=O)c1cccs1)CC2. The quantitative estimate of drug-likeness (QED) is 0.573. The van der Waals surface area contributed by atoms with E-state index in [2.05, 4.69) is 4.72 Å². The standard InChI is InChI=1S/C20H19ClN2O4S3/c21-19-5-2-1-4-16(19)14-29(24,25)22-18-8-7-15-9-10-23(13-17(15)12-18)30(26,27)20-6-3-11-28-20/h1-8,11-12,22H,9-10,13-14H2. The number of nitrogens with one attached hydrogen (secondary N) is 1. The Morgan fingerprint density at radius 3 is 2.53 bits per heavy atom. The first-order valence-corrected chi connectivity index (χ1v) is 13.5. The maximum Gasteiger partial charge on any atom is 0.252 e. The molecule has 6 nitrogen and oxygen atoms in total. The van der Waals surface area contributed by atoms with E-state index in [-0.39, 0.29) is 12.3 Å². The van der Waals surface area contributed by atoms with Gasteiger partial charge in [-0.1, -0.05) is 41.9 Å². The number of rotatable bonds is 6. The van der Waals surface area contributed by atoms with Crippen molar-refractivity contribution in [2.24, 2.45) is 0 Å². The van der Waals surface area contributed by atoms with Gasteiger partial charge in [0.15, 0.2) is 0 Å². The first-order valence-electron chi connectivity index (χ1n) is 9.14. The van der Waals surface area contributed by atoms with Gasteiger partial charge < -0.3 is 0 Å². The summed E-state index contributed by atoms with van der Waals surface area (Å²) < 4.78 is 55.1. The minimum absolute atomic E-state index is 0.204. The van der Waals surface area contributed by atoms with Gasteiger partial charge in [-0.15, -0.1) is 11.3 Å². The Balaban J connectivity index is 1.54. The number of anilines is 1. The highest BCUT2D eigenvalue weighted by Crippen LogP contribution is 2.29. The molecule has 0 aliphatic carbocycles. The van der Waals surface area contributed by atoms with Crippen LogP contribution in [0.15, 0.2) is 64.2 Å². The summed E-state index contributed by atoms with van der Waals surface area (Å²) in [6.45, 7) is 0.598. The fourth-order valence-corrected chi connectivity index (χ4v) is 7.44. The van der Waals surface area contributed by atoms with Crippen molar-refractivity contribution in [3.05, 3.63) is 81.7 Å². The van der Waals surface area contributed by atoms with Crippen molar-refractivity contribution in [2.45, 2.75) is 22.9 Å². The molecule has 0 radical (unpaired) electrons. The predicted octanol–water partition coefficient (Wildman–Crippen LogP) is 4.09. The van der Waals surface area contributed by atoms with Crippen LogP contribution in [0.2, 0.25) is 5.02 Å². The third-order valence-corrected chi connectivity index (χ3v) is 9.67. The summed E-state index contributed by atoms with van der Waals surface area (Å²) in [5.74, 6) is -0.247. The normalized spacial score (nSPS) is 15.0. The van der Waals surface area contributed by atoms with Crippen LogP contribution in [0.5, 0.6) is 0 Å². The maximum absolute atomic E-state index is 12.8. The lowest BCUT2D eigenvalue weighted by Crippen LogP contribution is -2.35. The molecule has 1 aliphatic heterocycles. The van der Waals surface area contributed by atoms with E-state index in [1.807, 2.05) is 6.07 Å². The van der Waals surface area contributed by atoms with E-state index in [1.165, 1.54) is 15.6 Å². The molecule has 0 amide bonds. The Kier molecular flexibility index (Phi) is 5.91. The minimum atomic E-state index is -3.68. The molecule has 1 aromatic heterocycles. The zero-order valence-electron chi connectivity index (χ0n) is 15.8. The summed E-state index contributed by atoms with van der Waals surface area (Å²) in [6.07, 6.45) is 0.576. The highest BCUT2D eigenvalue weighted by atomic mass is 35.5. The van der Waals surface area contributed by atoms with Crippen molar-refractivity contribution in [3.63, 3.8) is 0 Å². The van der Waals surface area contributed by atoms with E-state index >= 15 is 0 Å². The Morgan fingerprint density at radius 2 is 1.80 bits per heavy atom. The number of sulfonamides is 2. The molecule has 10 heteroatoms. The molecular formula is C20H19ClN2O4S3. The van der Waals surface area contributed by atoms with Gasteiger partial charge in [0.2, 0.25) is 10.0 Å². The lowest BCUT2D eigenvalue weighted by Gasteiger charge is -2.28. The molecule has 1 N–H and O–H groups in total. The summed E-state index contributed by atoms with van der Waals surface area (Å²) >= 11 is 7.26. The number of fused-ring (bicyclic) bond motifs is 1. The maximum atomic E-state index is 12.8. The van der Waals surface area contributed by atoms with Gasteiger partial charge in [-0.2, -0.15) is 4.31 Å². The molecule has 0 saturated heterocycles.